The van der Waals surface area contributed by atoms with Crippen molar-refractivity contribution >= 4 is 15.4 Å². The standard InChI is InChI=1S/C19H21NOS/c1-15-6-5-9-18(10-15)20-22(21,19-11-17(12-19)13-19)14-16-7-3-2-4-8-16/h2-10,17H,11-14H2,1H3. The molecule has 0 saturated heterocycles. The molecule has 3 heteroatoms. The summed E-state index contributed by atoms with van der Waals surface area (Å²) in [5.41, 5.74) is 3.17. The number of nitrogens with zero attached hydrogens (tertiary/aromatic N) is 1. The van der Waals surface area contributed by atoms with Crippen LogP contribution < -0.4 is 0 Å². The Bertz CT molecular complexity index is 801. The Morgan fingerprint density at radius 1 is 1.09 bits per heavy atom. The van der Waals surface area contributed by atoms with E-state index in [2.05, 4.69) is 25.1 Å². The molecule has 2 nitrogen and oxygen atoms in total. The van der Waals surface area contributed by atoms with E-state index in [9.17, 15) is 4.21 Å². The van der Waals surface area contributed by atoms with Gasteiger partial charge < -0.3 is 0 Å². The Morgan fingerprint density at radius 2 is 1.82 bits per heavy atom. The number of hydrogen-bond acceptors (Lipinski definition) is 2. The molecule has 2 aromatic carbocycles. The van der Waals surface area contributed by atoms with Crippen molar-refractivity contribution in [2.75, 3.05) is 0 Å². The molecule has 0 radical (unpaired) electrons. The normalized spacial score (nSPS) is 28.1. The highest BCUT2D eigenvalue weighted by molar-refractivity contribution is 7.94. The fourth-order valence-electron chi connectivity index (χ4n) is 3.73. The first-order valence-electron chi connectivity index (χ1n) is 7.94. The van der Waals surface area contributed by atoms with Gasteiger partial charge in [-0.25, -0.2) is 4.21 Å². The lowest BCUT2D eigenvalue weighted by Gasteiger charge is -2.62. The van der Waals surface area contributed by atoms with Gasteiger partial charge in [0.1, 0.15) is 0 Å². The topological polar surface area (TPSA) is 29.4 Å². The third-order valence-electron chi connectivity index (χ3n) is 5.12. The predicted octanol–water partition coefficient (Wildman–Crippen LogP) is 4.85. The van der Waals surface area contributed by atoms with Crippen LogP contribution in [0.1, 0.15) is 30.4 Å². The van der Waals surface area contributed by atoms with Gasteiger partial charge in [0.05, 0.1) is 25.9 Å². The SMILES string of the molecule is Cc1cccc(N=S(=O)(Cc2ccccc2)C23CC(C2)C3)c1. The highest BCUT2D eigenvalue weighted by Gasteiger charge is 2.62. The minimum atomic E-state index is -2.26. The summed E-state index contributed by atoms with van der Waals surface area (Å²) in [6.45, 7) is 2.05. The van der Waals surface area contributed by atoms with Gasteiger partial charge in [0.25, 0.3) is 0 Å². The summed E-state index contributed by atoms with van der Waals surface area (Å²) in [5, 5.41) is 0. The molecule has 0 N–H and O–H groups in total. The Labute approximate surface area is 132 Å². The molecule has 3 fully saturated rings. The first kappa shape index (κ1) is 14.0. The minimum Gasteiger partial charge on any atom is -0.249 e. The molecule has 2 bridgehead atoms. The van der Waals surface area contributed by atoms with Crippen molar-refractivity contribution in [2.45, 2.75) is 36.7 Å². The van der Waals surface area contributed by atoms with Crippen LogP contribution in [0.2, 0.25) is 0 Å². The number of rotatable bonds is 4. The van der Waals surface area contributed by atoms with Crippen LogP contribution in [0, 0.1) is 12.8 Å². The van der Waals surface area contributed by atoms with E-state index >= 15 is 0 Å². The number of benzene rings is 2. The van der Waals surface area contributed by atoms with Crippen LogP contribution in [0.4, 0.5) is 5.69 Å². The predicted molar refractivity (Wildman–Crippen MR) is 91.6 cm³/mol. The summed E-state index contributed by atoms with van der Waals surface area (Å²) >= 11 is 0. The van der Waals surface area contributed by atoms with Gasteiger partial charge in [-0.05, 0) is 55.4 Å². The lowest BCUT2D eigenvalue weighted by Crippen LogP contribution is -2.62. The van der Waals surface area contributed by atoms with E-state index < -0.39 is 9.73 Å². The fourth-order valence-corrected chi connectivity index (χ4v) is 6.88. The smallest absolute Gasteiger partial charge is 0.0733 e. The Kier molecular flexibility index (Phi) is 3.15. The average molecular weight is 311 g/mol. The quantitative estimate of drug-likeness (QED) is 0.794. The average Bonchev–Trinajstić information content (AvgIpc) is 2.35. The second-order valence-corrected chi connectivity index (χ2v) is 9.48. The van der Waals surface area contributed by atoms with Crippen molar-refractivity contribution in [3.63, 3.8) is 0 Å². The molecular weight excluding hydrogens is 290 g/mol. The maximum atomic E-state index is 13.8. The van der Waals surface area contributed by atoms with E-state index in [0.29, 0.717) is 5.75 Å². The number of hydrogen-bond donors (Lipinski definition) is 0. The van der Waals surface area contributed by atoms with Gasteiger partial charge in [0.2, 0.25) is 0 Å². The van der Waals surface area contributed by atoms with Crippen molar-refractivity contribution in [1.29, 1.82) is 0 Å². The molecule has 0 spiro atoms. The summed E-state index contributed by atoms with van der Waals surface area (Å²) in [5.74, 6) is 1.39. The van der Waals surface area contributed by atoms with Crippen LogP contribution in [0.15, 0.2) is 59.0 Å². The van der Waals surface area contributed by atoms with Gasteiger partial charge in [0.15, 0.2) is 0 Å². The summed E-state index contributed by atoms with van der Waals surface area (Å²) in [4.78, 5) is 0. The van der Waals surface area contributed by atoms with Crippen LogP contribution in [0.3, 0.4) is 0 Å². The van der Waals surface area contributed by atoms with Gasteiger partial charge in [-0.1, -0.05) is 42.5 Å². The van der Waals surface area contributed by atoms with Crippen molar-refractivity contribution < 1.29 is 4.21 Å². The van der Waals surface area contributed by atoms with Crippen molar-refractivity contribution in [3.05, 3.63) is 65.7 Å². The fraction of sp³-hybridized carbons (Fsp3) is 0.368. The molecule has 22 heavy (non-hydrogen) atoms. The molecule has 114 valence electrons. The Balaban J connectivity index is 1.77. The third kappa shape index (κ3) is 2.19. The molecule has 2 aromatic rings. The second-order valence-electron chi connectivity index (χ2n) is 6.86. The van der Waals surface area contributed by atoms with E-state index in [1.807, 2.05) is 36.4 Å². The monoisotopic (exact) mass is 311 g/mol. The molecule has 1 atom stereocenters. The Morgan fingerprint density at radius 3 is 2.41 bits per heavy atom. The van der Waals surface area contributed by atoms with E-state index in [0.717, 1.165) is 36.4 Å². The van der Waals surface area contributed by atoms with Gasteiger partial charge >= 0.3 is 0 Å². The van der Waals surface area contributed by atoms with Crippen LogP contribution in [0.25, 0.3) is 0 Å². The highest BCUT2D eigenvalue weighted by atomic mass is 32.2. The van der Waals surface area contributed by atoms with Crippen LogP contribution in [-0.4, -0.2) is 8.96 Å². The molecule has 3 aliphatic rings. The first-order chi connectivity index (χ1) is 10.6. The third-order valence-corrected chi connectivity index (χ3v) is 8.20. The molecular formula is C19H21NOS. The Hall–Kier alpha value is -1.61. The van der Waals surface area contributed by atoms with Crippen LogP contribution >= 0.6 is 0 Å². The van der Waals surface area contributed by atoms with Crippen molar-refractivity contribution in [1.82, 2.24) is 0 Å². The van der Waals surface area contributed by atoms with Crippen molar-refractivity contribution in [2.24, 2.45) is 10.3 Å². The molecule has 1 unspecified atom stereocenters. The minimum absolute atomic E-state index is 0.0166. The maximum absolute atomic E-state index is 13.8. The summed E-state index contributed by atoms with van der Waals surface area (Å²) in [6.07, 6.45) is 3.32. The summed E-state index contributed by atoms with van der Waals surface area (Å²) in [6, 6.07) is 18.2. The largest absolute Gasteiger partial charge is 0.249 e. The molecule has 3 aliphatic carbocycles. The lowest BCUT2D eigenvalue weighted by atomic mass is 9.55. The van der Waals surface area contributed by atoms with Crippen LogP contribution in [0.5, 0.6) is 0 Å². The van der Waals surface area contributed by atoms with Crippen molar-refractivity contribution in [3.8, 4) is 0 Å². The summed E-state index contributed by atoms with van der Waals surface area (Å²) < 4.78 is 18.6. The first-order valence-corrected chi connectivity index (χ1v) is 9.62. The molecule has 0 heterocycles. The summed E-state index contributed by atoms with van der Waals surface area (Å²) in [7, 11) is -2.26. The van der Waals surface area contributed by atoms with E-state index in [1.54, 1.807) is 0 Å². The molecule has 0 amide bonds. The zero-order chi connectivity index (χ0) is 15.2. The van der Waals surface area contributed by atoms with E-state index in [-0.39, 0.29) is 4.75 Å². The van der Waals surface area contributed by atoms with Gasteiger partial charge in [-0.3, -0.25) is 0 Å². The highest BCUT2D eigenvalue weighted by Crippen LogP contribution is 2.63. The molecule has 3 saturated carbocycles. The van der Waals surface area contributed by atoms with Gasteiger partial charge in [-0.15, -0.1) is 0 Å². The van der Waals surface area contributed by atoms with E-state index in [4.69, 9.17) is 4.36 Å². The zero-order valence-corrected chi connectivity index (χ0v) is 13.7. The maximum Gasteiger partial charge on any atom is 0.0733 e. The van der Waals surface area contributed by atoms with Gasteiger partial charge in [-0.2, -0.15) is 4.36 Å². The lowest BCUT2D eigenvalue weighted by molar-refractivity contribution is 0.0514. The second kappa shape index (κ2) is 4.95. The molecule has 0 aromatic heterocycles. The van der Waals surface area contributed by atoms with Gasteiger partial charge in [0, 0.05) is 0 Å². The van der Waals surface area contributed by atoms with Crippen LogP contribution in [-0.2, 0) is 15.5 Å². The molecule has 5 rings (SSSR count). The number of aryl methyl sites for hydroxylation is 1. The zero-order valence-electron chi connectivity index (χ0n) is 12.9. The van der Waals surface area contributed by atoms with E-state index in [1.165, 1.54) is 5.56 Å². The molecule has 0 aliphatic heterocycles.